The van der Waals surface area contributed by atoms with Gasteiger partial charge in [-0.3, -0.25) is 14.5 Å². The first kappa shape index (κ1) is 33.0. The van der Waals surface area contributed by atoms with Crippen LogP contribution in [0.15, 0.2) is 41.3 Å². The molecule has 3 aliphatic rings. The molecule has 252 valence electrons. The number of ether oxygens (including phenoxy) is 1. The van der Waals surface area contributed by atoms with Crippen LogP contribution in [0.5, 0.6) is 5.75 Å². The van der Waals surface area contributed by atoms with Gasteiger partial charge in [0.2, 0.25) is 5.91 Å². The highest BCUT2D eigenvalue weighted by Gasteiger charge is 2.26. The van der Waals surface area contributed by atoms with E-state index in [0.29, 0.717) is 79.0 Å². The molecule has 0 bridgehead atoms. The number of hydrogen-bond acceptors (Lipinski definition) is 10. The molecule has 47 heavy (non-hydrogen) atoms. The molecule has 13 heteroatoms. The lowest BCUT2D eigenvalue weighted by molar-refractivity contribution is -0.134. The summed E-state index contributed by atoms with van der Waals surface area (Å²) in [4.78, 5) is 40.8. The minimum Gasteiger partial charge on any atom is -0.484 e. The molecule has 3 N–H and O–H groups in total. The molecule has 4 heterocycles. The molecule has 0 spiro atoms. The van der Waals surface area contributed by atoms with Crippen LogP contribution in [-0.2, 0) is 24.4 Å². The van der Waals surface area contributed by atoms with Crippen molar-refractivity contribution >= 4 is 35.1 Å². The maximum absolute atomic E-state index is 13.4. The molecular weight excluding hydrogens is 622 g/mol. The van der Waals surface area contributed by atoms with Gasteiger partial charge < -0.3 is 34.7 Å². The number of halogens is 1. The van der Waals surface area contributed by atoms with Gasteiger partial charge in [0.1, 0.15) is 24.0 Å². The third-order valence-electron chi connectivity index (χ3n) is 9.14. The number of carbonyl (C=O) groups is 2. The summed E-state index contributed by atoms with van der Waals surface area (Å²) in [6.07, 6.45) is 6.31. The van der Waals surface area contributed by atoms with Crippen LogP contribution < -0.4 is 20.3 Å². The number of aromatic nitrogens is 2. The fraction of sp³-hybridized carbons (Fsp3) is 0.529. The highest BCUT2D eigenvalue weighted by molar-refractivity contribution is 6.33. The van der Waals surface area contributed by atoms with E-state index >= 15 is 0 Å². The smallest absolute Gasteiger partial charge is 0.251 e. The minimum absolute atomic E-state index is 0.0326. The van der Waals surface area contributed by atoms with E-state index in [9.17, 15) is 14.7 Å². The van der Waals surface area contributed by atoms with E-state index < -0.39 is 6.10 Å². The van der Waals surface area contributed by atoms with E-state index in [0.717, 1.165) is 36.9 Å². The number of nitrogens with zero attached hydrogens (tertiary/aromatic N) is 5. The summed E-state index contributed by atoms with van der Waals surface area (Å²) in [5, 5.41) is 17.9. The van der Waals surface area contributed by atoms with Crippen LogP contribution in [-0.4, -0.2) is 94.6 Å². The highest BCUT2D eigenvalue weighted by Crippen LogP contribution is 2.34. The van der Waals surface area contributed by atoms with Crippen molar-refractivity contribution < 1.29 is 23.8 Å². The van der Waals surface area contributed by atoms with E-state index in [1.54, 1.807) is 12.3 Å². The Morgan fingerprint density at radius 2 is 1.96 bits per heavy atom. The van der Waals surface area contributed by atoms with Crippen LogP contribution >= 0.6 is 11.6 Å². The van der Waals surface area contributed by atoms with Gasteiger partial charge in [-0.25, -0.2) is 9.97 Å². The van der Waals surface area contributed by atoms with Gasteiger partial charge in [-0.15, -0.1) is 0 Å². The molecular formula is C34H44ClN7O5. The Balaban J connectivity index is 1.03. The first-order valence-electron chi connectivity index (χ1n) is 16.5. The Bertz CT molecular complexity index is 1540. The lowest BCUT2D eigenvalue weighted by atomic mass is 9.93. The maximum Gasteiger partial charge on any atom is 0.251 e. The predicted octanol–water partition coefficient (Wildman–Crippen LogP) is 3.72. The predicted molar refractivity (Wildman–Crippen MR) is 179 cm³/mol. The van der Waals surface area contributed by atoms with Gasteiger partial charge in [0.15, 0.2) is 12.2 Å². The van der Waals surface area contributed by atoms with E-state index in [1.165, 1.54) is 12.8 Å². The monoisotopic (exact) mass is 665 g/mol. The molecule has 1 atom stereocenters. The standard InChI is InChI=1S/C34H44ClN7O5/c1-22(2)34(45)42-12-10-41(11-13-42)31-15-24(14-30(39-31)38-25-4-3-5-25)33(44)37-16-26(43)19-40-9-8-28-23(18-40)6-7-29(32(28)35)46-20-27-17-36-21-47-27/h6-7,14-15,17,21-22,25-26,43H,3-5,8-13,16,18-20H2,1-2H3,(H,37,44)(H,38,39). The minimum atomic E-state index is -0.749. The van der Waals surface area contributed by atoms with Crippen molar-refractivity contribution in [3.63, 3.8) is 0 Å². The Morgan fingerprint density at radius 3 is 2.66 bits per heavy atom. The van der Waals surface area contributed by atoms with Gasteiger partial charge in [-0.05, 0) is 55.0 Å². The molecule has 2 fully saturated rings. The molecule has 2 aliphatic heterocycles. The number of pyridine rings is 1. The van der Waals surface area contributed by atoms with Crippen molar-refractivity contribution in [3.05, 3.63) is 64.3 Å². The van der Waals surface area contributed by atoms with Crippen LogP contribution in [0.4, 0.5) is 11.6 Å². The summed E-state index contributed by atoms with van der Waals surface area (Å²) in [5.41, 5.74) is 2.64. The summed E-state index contributed by atoms with van der Waals surface area (Å²) in [7, 11) is 0. The Kier molecular flexibility index (Phi) is 10.5. The molecule has 12 nitrogen and oxygen atoms in total. The van der Waals surface area contributed by atoms with E-state index in [-0.39, 0.29) is 30.9 Å². The zero-order valence-corrected chi connectivity index (χ0v) is 27.8. The number of piperazine rings is 1. The second-order valence-electron chi connectivity index (χ2n) is 13.0. The largest absolute Gasteiger partial charge is 0.484 e. The molecule has 1 saturated carbocycles. The van der Waals surface area contributed by atoms with Crippen molar-refractivity contribution in [1.29, 1.82) is 0 Å². The average molecular weight is 666 g/mol. The number of anilines is 2. The fourth-order valence-corrected chi connectivity index (χ4v) is 6.55. The summed E-state index contributed by atoms with van der Waals surface area (Å²) in [6, 6.07) is 7.83. The summed E-state index contributed by atoms with van der Waals surface area (Å²) < 4.78 is 11.1. The van der Waals surface area contributed by atoms with Gasteiger partial charge in [0, 0.05) is 69.9 Å². The van der Waals surface area contributed by atoms with Crippen LogP contribution in [0.3, 0.4) is 0 Å². The number of β-amino-alcohol motifs (C(OH)–C–C–N with tert-alkyl or cyclic N) is 1. The number of hydrogen-bond donors (Lipinski definition) is 3. The third kappa shape index (κ3) is 8.17. The van der Waals surface area contributed by atoms with Gasteiger partial charge in [0.05, 0.1) is 17.3 Å². The number of rotatable bonds is 12. The van der Waals surface area contributed by atoms with Crippen molar-refractivity contribution in [2.24, 2.45) is 5.92 Å². The quantitative estimate of drug-likeness (QED) is 0.263. The topological polar surface area (TPSA) is 136 Å². The first-order chi connectivity index (χ1) is 22.7. The van der Waals surface area contributed by atoms with Crippen molar-refractivity contribution in [2.45, 2.75) is 64.8 Å². The fourth-order valence-electron chi connectivity index (χ4n) is 6.22. The summed E-state index contributed by atoms with van der Waals surface area (Å²) in [5.74, 6) is 2.49. The van der Waals surface area contributed by atoms with Crippen LogP contribution in [0, 0.1) is 5.92 Å². The lowest BCUT2D eigenvalue weighted by Gasteiger charge is -2.36. The molecule has 1 saturated heterocycles. The number of aliphatic hydroxyl groups excluding tert-OH is 1. The molecule has 1 aromatic carbocycles. The van der Waals surface area contributed by atoms with Crippen molar-refractivity contribution in [2.75, 3.05) is 56.0 Å². The molecule has 1 aliphatic carbocycles. The van der Waals surface area contributed by atoms with Crippen molar-refractivity contribution in [3.8, 4) is 5.75 Å². The summed E-state index contributed by atoms with van der Waals surface area (Å²) in [6.45, 7) is 8.54. The number of carbonyl (C=O) groups excluding carboxylic acids is 2. The van der Waals surface area contributed by atoms with Gasteiger partial charge in [-0.2, -0.15) is 0 Å². The van der Waals surface area contributed by atoms with Gasteiger partial charge >= 0.3 is 0 Å². The molecule has 3 aromatic rings. The summed E-state index contributed by atoms with van der Waals surface area (Å²) >= 11 is 6.69. The Hall–Kier alpha value is -3.87. The number of aliphatic hydroxyl groups is 1. The van der Waals surface area contributed by atoms with E-state index in [1.807, 2.05) is 36.9 Å². The van der Waals surface area contributed by atoms with Gasteiger partial charge in [-0.1, -0.05) is 31.5 Å². The number of oxazole rings is 1. The molecule has 1 unspecified atom stereocenters. The maximum atomic E-state index is 13.4. The molecule has 0 radical (unpaired) electrons. The van der Waals surface area contributed by atoms with E-state index in [2.05, 4.69) is 25.4 Å². The Morgan fingerprint density at radius 1 is 1.15 bits per heavy atom. The number of nitrogens with one attached hydrogen (secondary N) is 2. The van der Waals surface area contributed by atoms with Crippen LogP contribution in [0.1, 0.15) is 60.4 Å². The van der Waals surface area contributed by atoms with Crippen molar-refractivity contribution in [1.82, 2.24) is 25.1 Å². The molecule has 2 aromatic heterocycles. The molecule has 2 amide bonds. The average Bonchev–Trinajstić information content (AvgIpc) is 3.58. The second-order valence-corrected chi connectivity index (χ2v) is 13.3. The highest BCUT2D eigenvalue weighted by atomic mass is 35.5. The lowest BCUT2D eigenvalue weighted by Crippen LogP contribution is -2.50. The zero-order chi connectivity index (χ0) is 32.9. The SMILES string of the molecule is CC(C)C(=O)N1CCN(c2cc(C(=O)NCC(O)CN3CCc4c(ccc(OCc5cnco5)c4Cl)C3)cc(NC3CCC3)n2)CC1. The third-order valence-corrected chi connectivity index (χ3v) is 9.55. The first-order valence-corrected chi connectivity index (χ1v) is 16.9. The number of benzene rings is 1. The molecule has 6 rings (SSSR count). The second kappa shape index (κ2) is 14.9. The van der Waals surface area contributed by atoms with Crippen LogP contribution in [0.25, 0.3) is 0 Å². The van der Waals surface area contributed by atoms with Gasteiger partial charge in [0.25, 0.3) is 5.91 Å². The van der Waals surface area contributed by atoms with E-state index in [4.69, 9.17) is 25.7 Å². The van der Waals surface area contributed by atoms with Crippen LogP contribution in [0.2, 0.25) is 5.02 Å². The number of amides is 2. The number of fused-ring (bicyclic) bond motifs is 1. The zero-order valence-electron chi connectivity index (χ0n) is 27.1. The normalized spacial score (nSPS) is 17.6. The Labute approximate surface area is 280 Å².